The summed E-state index contributed by atoms with van der Waals surface area (Å²) in [6.07, 6.45) is 0.325. The first-order valence-corrected chi connectivity index (χ1v) is 6.00. The summed E-state index contributed by atoms with van der Waals surface area (Å²) in [5.41, 5.74) is 6.83. The smallest absolute Gasteiger partial charge is 0.323 e. The monoisotopic (exact) mass is 484 g/mol. The van der Waals surface area contributed by atoms with E-state index in [9.17, 15) is 9.59 Å². The van der Waals surface area contributed by atoms with E-state index in [4.69, 9.17) is 10.5 Å². The number of hydrogen-bond donors (Lipinski definition) is 1. The van der Waals surface area contributed by atoms with E-state index < -0.39 is 17.6 Å². The molecular weight excluding hydrogens is 463 g/mol. The molecule has 0 aromatic carbocycles. The van der Waals surface area contributed by atoms with Gasteiger partial charge in [-0.3, -0.25) is 9.59 Å². The van der Waals surface area contributed by atoms with E-state index in [1.165, 1.54) is 7.11 Å². The van der Waals surface area contributed by atoms with Gasteiger partial charge < -0.3 is 20.5 Å². The maximum absolute atomic E-state index is 11.9. The number of hydrogen-bond acceptors (Lipinski definition) is 5. The molecule has 0 bridgehead atoms. The molecule has 3 atom stereocenters. The standard InChI is InChI=1S/C12H21N2O4.Ac/c1-12(2,3)18-11(16)8-5-7(10(15)17-4)9(6-13)14-8;/h7-9,13-14H,5-6H2,1-4H3;/q-1;/t7-,8-,9+;/m1./s1. The average Bonchev–Trinajstić information content (AvgIpc) is 2.69. The minimum atomic E-state index is -0.557. The van der Waals surface area contributed by atoms with E-state index in [2.05, 4.69) is 10.1 Å². The van der Waals surface area contributed by atoms with Gasteiger partial charge in [-0.25, -0.2) is 0 Å². The SMILES string of the molecule is COC(=O)[C@@H]1C[C@H](C(=O)OC(C)(C)C)N[C@H]1C[NH-].[Ac]. The van der Waals surface area contributed by atoms with E-state index >= 15 is 0 Å². The topological polar surface area (TPSA) is 88.4 Å². The zero-order valence-corrected chi connectivity index (χ0v) is 16.6. The Kier molecular flexibility index (Phi) is 8.05. The van der Waals surface area contributed by atoms with Gasteiger partial charge in [-0.1, -0.05) is 0 Å². The van der Waals surface area contributed by atoms with Crippen LogP contribution >= 0.6 is 0 Å². The number of rotatable bonds is 3. The molecule has 1 rings (SSSR count). The summed E-state index contributed by atoms with van der Waals surface area (Å²) >= 11 is 0. The van der Waals surface area contributed by atoms with Crippen molar-refractivity contribution in [3.05, 3.63) is 5.73 Å². The van der Waals surface area contributed by atoms with E-state index in [0.29, 0.717) is 6.42 Å². The molecule has 1 aliphatic heterocycles. The summed E-state index contributed by atoms with van der Waals surface area (Å²) < 4.78 is 9.94. The molecule has 2 N–H and O–H groups in total. The fourth-order valence-electron chi connectivity index (χ4n) is 2.01. The molecule has 107 valence electrons. The fourth-order valence-corrected chi connectivity index (χ4v) is 2.01. The van der Waals surface area contributed by atoms with Crippen molar-refractivity contribution in [3.8, 4) is 0 Å². The number of esters is 2. The Morgan fingerprint density at radius 2 is 1.89 bits per heavy atom. The number of nitrogens with one attached hydrogen (secondary N) is 2. The molecule has 0 saturated carbocycles. The van der Waals surface area contributed by atoms with Crippen molar-refractivity contribution in [1.29, 1.82) is 0 Å². The van der Waals surface area contributed by atoms with Crippen LogP contribution in [0, 0.1) is 50.0 Å². The molecule has 0 spiro atoms. The van der Waals surface area contributed by atoms with Gasteiger partial charge in [0.05, 0.1) is 13.0 Å². The first-order chi connectivity index (χ1) is 8.28. The predicted octanol–water partition coefficient (Wildman–Crippen LogP) is 0.900. The zero-order chi connectivity index (χ0) is 13.9. The molecule has 1 fully saturated rings. The van der Waals surface area contributed by atoms with Crippen LogP contribution in [0.5, 0.6) is 0 Å². The molecular formula is C12H21AcN2O4-. The van der Waals surface area contributed by atoms with Crippen molar-refractivity contribution >= 4 is 11.9 Å². The van der Waals surface area contributed by atoms with Gasteiger partial charge in [-0.15, -0.1) is 6.54 Å². The van der Waals surface area contributed by atoms with Crippen LogP contribution in [0.2, 0.25) is 0 Å². The van der Waals surface area contributed by atoms with E-state index in [0.717, 1.165) is 0 Å². The molecule has 1 heterocycles. The van der Waals surface area contributed by atoms with Gasteiger partial charge in [0.25, 0.3) is 0 Å². The van der Waals surface area contributed by atoms with Gasteiger partial charge in [0.1, 0.15) is 11.6 Å². The maximum atomic E-state index is 11.9. The minimum Gasteiger partial charge on any atom is -0.676 e. The van der Waals surface area contributed by atoms with Crippen LogP contribution < -0.4 is 5.32 Å². The molecule has 19 heavy (non-hydrogen) atoms. The quantitative estimate of drug-likeness (QED) is 0.602. The van der Waals surface area contributed by atoms with Crippen molar-refractivity contribution in [2.45, 2.75) is 44.9 Å². The number of carbonyl (C=O) groups is 2. The van der Waals surface area contributed by atoms with E-state index in [-0.39, 0.29) is 68.6 Å². The molecule has 6 nitrogen and oxygen atoms in total. The molecule has 0 aliphatic carbocycles. The molecule has 7 heteroatoms. The fraction of sp³-hybridized carbons (Fsp3) is 0.833. The second-order valence-electron chi connectivity index (χ2n) is 5.43. The van der Waals surface area contributed by atoms with Crippen LogP contribution in [0.25, 0.3) is 5.73 Å². The Bertz CT molecular complexity index is 330. The summed E-state index contributed by atoms with van der Waals surface area (Å²) in [5.74, 6) is -1.22. The summed E-state index contributed by atoms with van der Waals surface area (Å²) in [6, 6.07) is -0.890. The van der Waals surface area contributed by atoms with Gasteiger partial charge in [0, 0.05) is 50.1 Å². The Balaban J connectivity index is 0.00000324. The molecule has 1 aliphatic rings. The summed E-state index contributed by atoms with van der Waals surface area (Å²) in [4.78, 5) is 23.4. The first-order valence-electron chi connectivity index (χ1n) is 6.00. The molecule has 0 aromatic heterocycles. The zero-order valence-electron chi connectivity index (χ0n) is 11.9. The van der Waals surface area contributed by atoms with Crippen LogP contribution in [0.1, 0.15) is 27.2 Å². The summed E-state index contributed by atoms with van der Waals surface area (Å²) in [5, 5.41) is 2.97. The number of ether oxygens (including phenoxy) is 2. The van der Waals surface area contributed by atoms with Gasteiger partial charge in [-0.2, -0.15) is 0 Å². The maximum Gasteiger partial charge on any atom is 0.323 e. The van der Waals surface area contributed by atoms with Crippen LogP contribution in [0.4, 0.5) is 0 Å². The molecule has 1 saturated heterocycles. The van der Waals surface area contributed by atoms with Gasteiger partial charge >= 0.3 is 11.9 Å². The third-order valence-electron chi connectivity index (χ3n) is 2.81. The Hall–Kier alpha value is 0.302. The summed E-state index contributed by atoms with van der Waals surface area (Å²) in [7, 11) is 1.31. The largest absolute Gasteiger partial charge is 0.676 e. The second-order valence-corrected chi connectivity index (χ2v) is 5.43. The predicted molar refractivity (Wildman–Crippen MR) is 65.9 cm³/mol. The van der Waals surface area contributed by atoms with E-state index in [1.807, 2.05) is 0 Å². The van der Waals surface area contributed by atoms with Gasteiger partial charge in [0.15, 0.2) is 0 Å². The molecule has 0 amide bonds. The Morgan fingerprint density at radius 3 is 2.32 bits per heavy atom. The van der Waals surface area contributed by atoms with Crippen LogP contribution in [-0.2, 0) is 19.1 Å². The van der Waals surface area contributed by atoms with E-state index in [1.54, 1.807) is 20.8 Å². The number of carbonyl (C=O) groups excluding carboxylic acids is 2. The van der Waals surface area contributed by atoms with Crippen molar-refractivity contribution in [2.24, 2.45) is 5.92 Å². The van der Waals surface area contributed by atoms with Crippen LogP contribution in [0.3, 0.4) is 0 Å². The third kappa shape index (κ3) is 5.66. The van der Waals surface area contributed by atoms with Gasteiger partial charge in [0.2, 0.25) is 0 Å². The molecule has 0 unspecified atom stereocenters. The average molecular weight is 484 g/mol. The van der Waals surface area contributed by atoms with Crippen LogP contribution in [0.15, 0.2) is 0 Å². The second kappa shape index (κ2) is 7.92. The van der Waals surface area contributed by atoms with Crippen molar-refractivity contribution in [1.82, 2.24) is 5.32 Å². The normalized spacial score (nSPS) is 26.5. The van der Waals surface area contributed by atoms with Gasteiger partial charge in [-0.05, 0) is 27.2 Å². The molecule has 0 aromatic rings. The number of methoxy groups -OCH3 is 1. The first kappa shape index (κ1) is 19.3. The van der Waals surface area contributed by atoms with Crippen molar-refractivity contribution < 1.29 is 63.1 Å². The van der Waals surface area contributed by atoms with Crippen molar-refractivity contribution in [3.63, 3.8) is 0 Å². The Morgan fingerprint density at radius 1 is 1.32 bits per heavy atom. The minimum absolute atomic E-state index is 0. The summed E-state index contributed by atoms with van der Waals surface area (Å²) in [6.45, 7) is 5.40. The molecule has 1 radical (unpaired) electrons. The van der Waals surface area contributed by atoms with Crippen molar-refractivity contribution in [2.75, 3.05) is 13.7 Å². The third-order valence-corrected chi connectivity index (χ3v) is 2.81. The van der Waals surface area contributed by atoms with Crippen LogP contribution in [-0.4, -0.2) is 43.3 Å². The Labute approximate surface area is 149 Å².